The summed E-state index contributed by atoms with van der Waals surface area (Å²) >= 11 is 0. The van der Waals surface area contributed by atoms with Gasteiger partial charge in [-0.05, 0) is 96.4 Å². The van der Waals surface area contributed by atoms with Gasteiger partial charge in [0, 0.05) is 11.3 Å². The molecule has 0 fully saturated rings. The van der Waals surface area contributed by atoms with Crippen LogP contribution < -0.4 is 0 Å². The molecular weight excluding hydrogens is 641 g/mol. The molecule has 2 heteroatoms. The van der Waals surface area contributed by atoms with Crippen LogP contribution in [-0.2, 0) is 0 Å². The van der Waals surface area contributed by atoms with Crippen LogP contribution in [0, 0.1) is 0 Å². The molecular formula is C51H34N2. The average Bonchev–Trinajstić information content (AvgIpc) is 3.63. The molecule has 0 saturated carbocycles. The van der Waals surface area contributed by atoms with E-state index in [9.17, 15) is 0 Å². The standard InChI is InChI=1S/C51H34N2/c1-4-16-35(17-5-1)41-33-30-39(34-46(41)36-18-6-2-7-19-36)50-44-24-12-10-22-42(44)49(43-23-11-13-25-45(43)50)37-28-31-40(32-29-37)53-48-27-15-14-26-47(48)52-51(53)38-20-8-3-9-21-38/h1-34H. The highest BCUT2D eigenvalue weighted by atomic mass is 15.1. The van der Waals surface area contributed by atoms with E-state index in [2.05, 4.69) is 205 Å². The van der Waals surface area contributed by atoms with Crippen LogP contribution in [-0.4, -0.2) is 9.55 Å². The van der Waals surface area contributed by atoms with Crippen LogP contribution in [0.3, 0.4) is 0 Å². The lowest BCUT2D eigenvalue weighted by Gasteiger charge is -2.19. The van der Waals surface area contributed by atoms with E-state index in [1.165, 1.54) is 66.1 Å². The molecule has 10 aromatic rings. The molecule has 0 unspecified atom stereocenters. The number of hydrogen-bond donors (Lipinski definition) is 0. The summed E-state index contributed by atoms with van der Waals surface area (Å²) in [5, 5.41) is 4.95. The summed E-state index contributed by atoms with van der Waals surface area (Å²) in [5.74, 6) is 0.938. The number of fused-ring (bicyclic) bond motifs is 3. The molecule has 0 saturated heterocycles. The summed E-state index contributed by atoms with van der Waals surface area (Å²) in [6, 6.07) is 74.1. The summed E-state index contributed by atoms with van der Waals surface area (Å²) in [7, 11) is 0. The molecule has 0 bridgehead atoms. The molecule has 248 valence electrons. The third kappa shape index (κ3) is 5.32. The van der Waals surface area contributed by atoms with E-state index in [1.807, 2.05) is 6.07 Å². The fourth-order valence-corrected chi connectivity index (χ4v) is 8.02. The molecule has 0 aliphatic rings. The van der Waals surface area contributed by atoms with Gasteiger partial charge >= 0.3 is 0 Å². The maximum Gasteiger partial charge on any atom is 0.145 e. The molecule has 0 radical (unpaired) electrons. The van der Waals surface area contributed by atoms with Gasteiger partial charge in [-0.1, -0.05) is 176 Å². The van der Waals surface area contributed by atoms with Gasteiger partial charge in [-0.25, -0.2) is 4.98 Å². The molecule has 0 aliphatic carbocycles. The Morgan fingerprint density at radius 3 is 1.36 bits per heavy atom. The largest absolute Gasteiger partial charge is 0.292 e. The molecule has 0 amide bonds. The molecule has 1 aromatic heterocycles. The second-order valence-electron chi connectivity index (χ2n) is 13.5. The van der Waals surface area contributed by atoms with Gasteiger partial charge in [0.25, 0.3) is 0 Å². The van der Waals surface area contributed by atoms with Crippen LogP contribution in [0.1, 0.15) is 0 Å². The molecule has 0 aliphatic heterocycles. The third-order valence-electron chi connectivity index (χ3n) is 10.4. The van der Waals surface area contributed by atoms with Crippen molar-refractivity contribution in [3.63, 3.8) is 0 Å². The van der Waals surface area contributed by atoms with E-state index in [4.69, 9.17) is 4.98 Å². The Labute approximate surface area is 308 Å². The van der Waals surface area contributed by atoms with Gasteiger partial charge in [-0.2, -0.15) is 0 Å². The Kier molecular flexibility index (Phi) is 7.51. The number of imidazole rings is 1. The van der Waals surface area contributed by atoms with Crippen LogP contribution in [0.15, 0.2) is 206 Å². The zero-order chi connectivity index (χ0) is 35.1. The summed E-state index contributed by atoms with van der Waals surface area (Å²) in [5.41, 5.74) is 14.0. The smallest absolute Gasteiger partial charge is 0.145 e. The van der Waals surface area contributed by atoms with Gasteiger partial charge in [0.1, 0.15) is 5.82 Å². The Balaban J connectivity index is 1.16. The van der Waals surface area contributed by atoms with Crippen LogP contribution in [0.2, 0.25) is 0 Å². The predicted octanol–water partition coefficient (Wildman–Crippen LogP) is 13.7. The Bertz CT molecular complexity index is 2850. The molecule has 0 spiro atoms. The van der Waals surface area contributed by atoms with Gasteiger partial charge in [-0.3, -0.25) is 4.57 Å². The van der Waals surface area contributed by atoms with Crippen molar-refractivity contribution in [2.45, 2.75) is 0 Å². The monoisotopic (exact) mass is 674 g/mol. The van der Waals surface area contributed by atoms with Gasteiger partial charge in [0.2, 0.25) is 0 Å². The number of aromatic nitrogens is 2. The van der Waals surface area contributed by atoms with Crippen molar-refractivity contribution in [1.29, 1.82) is 0 Å². The second kappa shape index (κ2) is 12.9. The van der Waals surface area contributed by atoms with Crippen molar-refractivity contribution >= 4 is 32.6 Å². The normalized spacial score (nSPS) is 11.4. The first-order valence-corrected chi connectivity index (χ1v) is 18.1. The van der Waals surface area contributed by atoms with E-state index in [1.54, 1.807) is 0 Å². The van der Waals surface area contributed by atoms with Crippen LogP contribution in [0.4, 0.5) is 0 Å². The number of rotatable bonds is 6. The van der Waals surface area contributed by atoms with E-state index < -0.39 is 0 Å². The minimum absolute atomic E-state index is 0.938. The van der Waals surface area contributed by atoms with E-state index in [0.29, 0.717) is 0 Å². The topological polar surface area (TPSA) is 17.8 Å². The minimum atomic E-state index is 0.938. The van der Waals surface area contributed by atoms with Crippen molar-refractivity contribution < 1.29 is 0 Å². The van der Waals surface area contributed by atoms with E-state index in [0.717, 1.165) is 28.1 Å². The number of hydrogen-bond acceptors (Lipinski definition) is 1. The molecule has 0 atom stereocenters. The van der Waals surface area contributed by atoms with Crippen LogP contribution >= 0.6 is 0 Å². The fourth-order valence-electron chi connectivity index (χ4n) is 8.02. The van der Waals surface area contributed by atoms with Gasteiger partial charge in [0.15, 0.2) is 0 Å². The zero-order valence-electron chi connectivity index (χ0n) is 29.0. The van der Waals surface area contributed by atoms with E-state index >= 15 is 0 Å². The SMILES string of the molecule is c1ccc(-c2ccc(-c3c4ccccc4c(-c4ccc(-n5c(-c6ccccc6)nc6ccccc65)cc4)c4ccccc34)cc2-c2ccccc2)cc1. The highest BCUT2D eigenvalue weighted by Gasteiger charge is 2.19. The highest BCUT2D eigenvalue weighted by molar-refractivity contribution is 6.21. The summed E-state index contributed by atoms with van der Waals surface area (Å²) in [6.45, 7) is 0. The first-order valence-electron chi connectivity index (χ1n) is 18.1. The second-order valence-corrected chi connectivity index (χ2v) is 13.5. The minimum Gasteiger partial charge on any atom is -0.292 e. The lowest BCUT2D eigenvalue weighted by molar-refractivity contribution is 1.10. The van der Waals surface area contributed by atoms with Gasteiger partial charge in [0.05, 0.1) is 11.0 Å². The molecule has 53 heavy (non-hydrogen) atoms. The lowest BCUT2D eigenvalue weighted by atomic mass is 9.84. The quantitative estimate of drug-likeness (QED) is 0.161. The van der Waals surface area contributed by atoms with Crippen LogP contribution in [0.25, 0.3) is 94.2 Å². The number of para-hydroxylation sites is 2. The van der Waals surface area contributed by atoms with Gasteiger partial charge in [-0.15, -0.1) is 0 Å². The van der Waals surface area contributed by atoms with Crippen molar-refractivity contribution in [2.24, 2.45) is 0 Å². The molecule has 2 nitrogen and oxygen atoms in total. The zero-order valence-corrected chi connectivity index (χ0v) is 29.0. The Morgan fingerprint density at radius 2 is 0.774 bits per heavy atom. The summed E-state index contributed by atoms with van der Waals surface area (Å²) < 4.78 is 2.27. The van der Waals surface area contributed by atoms with Crippen molar-refractivity contribution in [2.75, 3.05) is 0 Å². The van der Waals surface area contributed by atoms with Crippen molar-refractivity contribution in [3.8, 4) is 61.6 Å². The molecule has 0 N–H and O–H groups in total. The average molecular weight is 675 g/mol. The third-order valence-corrected chi connectivity index (χ3v) is 10.4. The summed E-state index contributed by atoms with van der Waals surface area (Å²) in [6.07, 6.45) is 0. The van der Waals surface area contributed by atoms with Crippen molar-refractivity contribution in [3.05, 3.63) is 206 Å². The van der Waals surface area contributed by atoms with Crippen LogP contribution in [0.5, 0.6) is 0 Å². The van der Waals surface area contributed by atoms with Gasteiger partial charge < -0.3 is 0 Å². The molecule has 9 aromatic carbocycles. The Hall–Kier alpha value is -7.03. The molecule has 10 rings (SSSR count). The first kappa shape index (κ1) is 30.8. The number of benzene rings is 9. The lowest BCUT2D eigenvalue weighted by Crippen LogP contribution is -1.98. The molecule has 1 heterocycles. The summed E-state index contributed by atoms with van der Waals surface area (Å²) in [4.78, 5) is 5.07. The van der Waals surface area contributed by atoms with E-state index in [-0.39, 0.29) is 0 Å². The maximum atomic E-state index is 5.07. The first-order chi connectivity index (χ1) is 26.3. The number of nitrogens with zero attached hydrogens (tertiary/aromatic N) is 2. The predicted molar refractivity (Wildman–Crippen MR) is 223 cm³/mol. The fraction of sp³-hybridized carbons (Fsp3) is 0. The highest BCUT2D eigenvalue weighted by Crippen LogP contribution is 2.45. The maximum absolute atomic E-state index is 5.07. The Morgan fingerprint density at radius 1 is 0.321 bits per heavy atom. The van der Waals surface area contributed by atoms with Crippen molar-refractivity contribution in [1.82, 2.24) is 9.55 Å².